The molecule has 0 aliphatic rings. The van der Waals surface area contributed by atoms with E-state index in [2.05, 4.69) is 42.2 Å². The molecule has 2 rings (SSSR count). The van der Waals surface area contributed by atoms with Crippen LogP contribution in [0.15, 0.2) is 6.07 Å². The highest BCUT2D eigenvalue weighted by molar-refractivity contribution is 7.18. The molecule has 2 aromatic rings. The highest BCUT2D eigenvalue weighted by Crippen LogP contribution is 2.29. The molecule has 0 saturated carbocycles. The van der Waals surface area contributed by atoms with Crippen molar-refractivity contribution in [2.75, 3.05) is 5.43 Å². The third kappa shape index (κ3) is 1.80. The second-order valence-electron chi connectivity index (χ2n) is 3.81. The van der Waals surface area contributed by atoms with E-state index in [0.717, 1.165) is 16.0 Å². The number of thiophene rings is 1. The predicted octanol–water partition coefficient (Wildman–Crippen LogP) is 2.41. The summed E-state index contributed by atoms with van der Waals surface area (Å²) in [5, 5.41) is 1.00. The van der Waals surface area contributed by atoms with E-state index >= 15 is 0 Å². The third-order valence-corrected chi connectivity index (χ3v) is 3.13. The topological polar surface area (TPSA) is 63.8 Å². The van der Waals surface area contributed by atoms with Crippen LogP contribution in [-0.2, 0) is 0 Å². The molecule has 2 aromatic heterocycles. The third-order valence-electron chi connectivity index (χ3n) is 2.19. The lowest BCUT2D eigenvalue weighted by Crippen LogP contribution is -2.11. The summed E-state index contributed by atoms with van der Waals surface area (Å²) in [5.74, 6) is 7.31. The molecule has 0 fully saturated rings. The minimum absolute atomic E-state index is 0.309. The molecule has 15 heavy (non-hydrogen) atoms. The van der Waals surface area contributed by atoms with E-state index in [1.165, 1.54) is 4.88 Å². The van der Waals surface area contributed by atoms with Crippen molar-refractivity contribution in [1.29, 1.82) is 0 Å². The molecular formula is C10H14N4S. The molecule has 3 N–H and O–H groups in total. The van der Waals surface area contributed by atoms with Gasteiger partial charge in [-0.15, -0.1) is 11.3 Å². The van der Waals surface area contributed by atoms with E-state index < -0.39 is 0 Å². The van der Waals surface area contributed by atoms with E-state index in [0.29, 0.717) is 11.7 Å². The quantitative estimate of drug-likeness (QED) is 0.605. The van der Waals surface area contributed by atoms with Crippen molar-refractivity contribution in [2.45, 2.75) is 26.7 Å². The molecule has 0 saturated heterocycles. The minimum Gasteiger partial charge on any atom is -0.308 e. The molecular weight excluding hydrogens is 208 g/mol. The van der Waals surface area contributed by atoms with Gasteiger partial charge in [-0.2, -0.15) is 0 Å². The van der Waals surface area contributed by atoms with Gasteiger partial charge in [-0.25, -0.2) is 15.8 Å². The first-order valence-electron chi connectivity index (χ1n) is 4.86. The lowest BCUT2D eigenvalue weighted by molar-refractivity contribution is 0.785. The summed E-state index contributed by atoms with van der Waals surface area (Å²) in [6.07, 6.45) is 0. The van der Waals surface area contributed by atoms with Gasteiger partial charge in [0.2, 0.25) is 0 Å². The molecule has 0 spiro atoms. The van der Waals surface area contributed by atoms with Crippen LogP contribution < -0.4 is 11.3 Å². The largest absolute Gasteiger partial charge is 0.308 e. The maximum absolute atomic E-state index is 5.46. The van der Waals surface area contributed by atoms with Gasteiger partial charge in [-0.1, -0.05) is 13.8 Å². The van der Waals surface area contributed by atoms with Gasteiger partial charge in [0, 0.05) is 10.8 Å². The number of nitrogens with one attached hydrogen (secondary N) is 1. The molecule has 0 radical (unpaired) electrons. The fraction of sp³-hybridized carbons (Fsp3) is 0.400. The Morgan fingerprint density at radius 1 is 1.40 bits per heavy atom. The van der Waals surface area contributed by atoms with Crippen molar-refractivity contribution in [3.63, 3.8) is 0 Å². The number of fused-ring (bicyclic) bond motifs is 1. The van der Waals surface area contributed by atoms with Crippen molar-refractivity contribution in [1.82, 2.24) is 9.97 Å². The zero-order valence-electron chi connectivity index (χ0n) is 9.03. The van der Waals surface area contributed by atoms with Gasteiger partial charge >= 0.3 is 0 Å². The standard InChI is InChI=1S/C10H14N4S/c1-5(2)8-12-9(14-11)7-4-6(3)15-10(7)13-8/h4-5H,11H2,1-3H3,(H,12,13,14). The molecule has 80 valence electrons. The minimum atomic E-state index is 0.309. The number of aryl methyl sites for hydroxylation is 1. The Morgan fingerprint density at radius 3 is 2.73 bits per heavy atom. The molecule has 0 unspecified atom stereocenters. The Bertz CT molecular complexity index is 489. The second kappa shape index (κ2) is 3.75. The monoisotopic (exact) mass is 222 g/mol. The Labute approximate surface area is 92.5 Å². The zero-order valence-corrected chi connectivity index (χ0v) is 9.85. The van der Waals surface area contributed by atoms with Crippen molar-refractivity contribution >= 4 is 27.4 Å². The van der Waals surface area contributed by atoms with Crippen LogP contribution in [0.5, 0.6) is 0 Å². The van der Waals surface area contributed by atoms with Crippen molar-refractivity contribution in [2.24, 2.45) is 5.84 Å². The molecule has 2 heterocycles. The smallest absolute Gasteiger partial charge is 0.152 e. The van der Waals surface area contributed by atoms with E-state index in [9.17, 15) is 0 Å². The van der Waals surface area contributed by atoms with Crippen LogP contribution in [0.25, 0.3) is 10.2 Å². The van der Waals surface area contributed by atoms with E-state index in [1.54, 1.807) is 11.3 Å². The van der Waals surface area contributed by atoms with Crippen molar-refractivity contribution in [3.8, 4) is 0 Å². The van der Waals surface area contributed by atoms with Crippen LogP contribution in [0.4, 0.5) is 5.82 Å². The van der Waals surface area contributed by atoms with Crippen LogP contribution in [0.2, 0.25) is 0 Å². The average molecular weight is 222 g/mol. The normalized spacial score (nSPS) is 11.3. The molecule has 0 aromatic carbocycles. The number of hydrogen-bond donors (Lipinski definition) is 2. The highest BCUT2D eigenvalue weighted by Gasteiger charge is 2.11. The van der Waals surface area contributed by atoms with E-state index in [4.69, 9.17) is 5.84 Å². The first-order chi connectivity index (χ1) is 7.11. The number of nitrogen functional groups attached to an aromatic ring is 1. The van der Waals surface area contributed by atoms with Crippen LogP contribution in [0.3, 0.4) is 0 Å². The van der Waals surface area contributed by atoms with E-state index in [-0.39, 0.29) is 0 Å². The molecule has 4 nitrogen and oxygen atoms in total. The number of nitrogens with two attached hydrogens (primary N) is 1. The lowest BCUT2D eigenvalue weighted by Gasteiger charge is -2.06. The van der Waals surface area contributed by atoms with Gasteiger partial charge in [0.1, 0.15) is 10.7 Å². The van der Waals surface area contributed by atoms with Gasteiger partial charge in [0.25, 0.3) is 0 Å². The van der Waals surface area contributed by atoms with Crippen LogP contribution >= 0.6 is 11.3 Å². The Kier molecular flexibility index (Phi) is 2.58. The SMILES string of the molecule is Cc1cc2c(NN)nc(C(C)C)nc2s1. The van der Waals surface area contributed by atoms with Crippen molar-refractivity contribution < 1.29 is 0 Å². The Balaban J connectivity index is 2.70. The van der Waals surface area contributed by atoms with Crippen LogP contribution in [0, 0.1) is 6.92 Å². The van der Waals surface area contributed by atoms with Gasteiger partial charge in [0.15, 0.2) is 5.82 Å². The van der Waals surface area contributed by atoms with Gasteiger partial charge < -0.3 is 5.43 Å². The first kappa shape index (κ1) is 10.3. The van der Waals surface area contributed by atoms with Crippen molar-refractivity contribution in [3.05, 3.63) is 16.8 Å². The van der Waals surface area contributed by atoms with E-state index in [1.807, 2.05) is 0 Å². The fourth-order valence-electron chi connectivity index (χ4n) is 1.43. The summed E-state index contributed by atoms with van der Waals surface area (Å²) in [5.41, 5.74) is 2.63. The number of nitrogens with zero attached hydrogens (tertiary/aromatic N) is 2. The molecule has 5 heteroatoms. The summed E-state index contributed by atoms with van der Waals surface area (Å²) in [6, 6.07) is 2.05. The Hall–Kier alpha value is -1.20. The Morgan fingerprint density at radius 2 is 2.13 bits per heavy atom. The highest BCUT2D eigenvalue weighted by atomic mass is 32.1. The molecule has 0 aliphatic heterocycles. The number of rotatable bonds is 2. The summed E-state index contributed by atoms with van der Waals surface area (Å²) >= 11 is 1.67. The maximum Gasteiger partial charge on any atom is 0.152 e. The van der Waals surface area contributed by atoms with Gasteiger partial charge in [-0.3, -0.25) is 0 Å². The molecule has 0 atom stereocenters. The second-order valence-corrected chi connectivity index (χ2v) is 5.04. The van der Waals surface area contributed by atoms with Gasteiger partial charge in [-0.05, 0) is 13.0 Å². The predicted molar refractivity (Wildman–Crippen MR) is 64.1 cm³/mol. The fourth-order valence-corrected chi connectivity index (χ4v) is 2.31. The maximum atomic E-state index is 5.46. The number of hydrogen-bond acceptors (Lipinski definition) is 5. The molecule has 0 aliphatic carbocycles. The van der Waals surface area contributed by atoms with Gasteiger partial charge in [0.05, 0.1) is 5.39 Å². The average Bonchev–Trinajstić information content (AvgIpc) is 2.56. The first-order valence-corrected chi connectivity index (χ1v) is 5.68. The summed E-state index contributed by atoms with van der Waals surface area (Å²) in [4.78, 5) is 11.1. The summed E-state index contributed by atoms with van der Waals surface area (Å²) in [6.45, 7) is 6.20. The van der Waals surface area contributed by atoms with Crippen LogP contribution in [-0.4, -0.2) is 9.97 Å². The number of aromatic nitrogens is 2. The number of hydrazine groups is 1. The summed E-state index contributed by atoms with van der Waals surface area (Å²) < 4.78 is 0. The number of anilines is 1. The summed E-state index contributed by atoms with van der Waals surface area (Å²) in [7, 11) is 0. The zero-order chi connectivity index (χ0) is 11.0. The molecule has 0 bridgehead atoms. The van der Waals surface area contributed by atoms with Crippen LogP contribution in [0.1, 0.15) is 30.5 Å². The lowest BCUT2D eigenvalue weighted by atomic mass is 10.2. The molecule has 0 amide bonds.